The number of nitrogen functional groups attached to an aromatic ring is 1. The van der Waals surface area contributed by atoms with E-state index < -0.39 is 0 Å². The van der Waals surface area contributed by atoms with E-state index in [-0.39, 0.29) is 6.61 Å². The van der Waals surface area contributed by atoms with Gasteiger partial charge in [0.1, 0.15) is 0 Å². The SMILES string of the molecule is Cc1ccc(N)c(N(C)CCO)n1. The molecule has 13 heavy (non-hydrogen) atoms. The van der Waals surface area contributed by atoms with Crippen molar-refractivity contribution < 1.29 is 5.11 Å². The first-order chi connectivity index (χ1) is 6.15. The standard InChI is InChI=1S/C9H15N3O/c1-7-3-4-8(10)9(11-7)12(2)5-6-13/h3-4,13H,5-6,10H2,1-2H3. The molecule has 0 bridgehead atoms. The maximum atomic E-state index is 8.75. The number of aliphatic hydroxyl groups excluding tert-OH is 1. The summed E-state index contributed by atoms with van der Waals surface area (Å²) in [7, 11) is 1.86. The largest absolute Gasteiger partial charge is 0.396 e. The van der Waals surface area contributed by atoms with Gasteiger partial charge in [0.25, 0.3) is 0 Å². The molecule has 1 rings (SSSR count). The van der Waals surface area contributed by atoms with Gasteiger partial charge in [0.05, 0.1) is 12.3 Å². The molecule has 1 aromatic rings. The summed E-state index contributed by atoms with van der Waals surface area (Å²) >= 11 is 0. The molecule has 1 aromatic heterocycles. The molecule has 0 amide bonds. The number of aromatic nitrogens is 1. The van der Waals surface area contributed by atoms with Gasteiger partial charge in [-0.15, -0.1) is 0 Å². The highest BCUT2D eigenvalue weighted by atomic mass is 16.3. The van der Waals surface area contributed by atoms with Crippen molar-refractivity contribution in [3.05, 3.63) is 17.8 Å². The molecule has 0 aromatic carbocycles. The zero-order chi connectivity index (χ0) is 9.84. The lowest BCUT2D eigenvalue weighted by Crippen LogP contribution is -2.23. The van der Waals surface area contributed by atoms with Crippen molar-refractivity contribution in [2.75, 3.05) is 30.8 Å². The van der Waals surface area contributed by atoms with Gasteiger partial charge in [-0.05, 0) is 19.1 Å². The summed E-state index contributed by atoms with van der Waals surface area (Å²) < 4.78 is 0. The molecule has 0 spiro atoms. The van der Waals surface area contributed by atoms with Crippen LogP contribution in [0.1, 0.15) is 5.69 Å². The highest BCUT2D eigenvalue weighted by Crippen LogP contribution is 2.18. The summed E-state index contributed by atoms with van der Waals surface area (Å²) in [5.41, 5.74) is 7.30. The number of nitrogens with two attached hydrogens (primary N) is 1. The Hall–Kier alpha value is -1.29. The van der Waals surface area contributed by atoms with Gasteiger partial charge in [-0.2, -0.15) is 0 Å². The van der Waals surface area contributed by atoms with Crippen LogP contribution in [0.2, 0.25) is 0 Å². The van der Waals surface area contributed by atoms with Gasteiger partial charge in [-0.3, -0.25) is 0 Å². The second-order valence-corrected chi connectivity index (χ2v) is 3.01. The first-order valence-electron chi connectivity index (χ1n) is 4.20. The summed E-state index contributed by atoms with van der Waals surface area (Å²) in [5, 5.41) is 8.75. The lowest BCUT2D eigenvalue weighted by atomic mass is 10.3. The third kappa shape index (κ3) is 2.32. The van der Waals surface area contributed by atoms with Gasteiger partial charge >= 0.3 is 0 Å². The van der Waals surface area contributed by atoms with Crippen molar-refractivity contribution in [2.45, 2.75) is 6.92 Å². The average molecular weight is 181 g/mol. The van der Waals surface area contributed by atoms with Crippen molar-refractivity contribution in [2.24, 2.45) is 0 Å². The number of hydrogen-bond acceptors (Lipinski definition) is 4. The number of hydrogen-bond donors (Lipinski definition) is 2. The summed E-state index contributed by atoms with van der Waals surface area (Å²) in [4.78, 5) is 6.12. The van der Waals surface area contributed by atoms with Crippen LogP contribution in [-0.4, -0.2) is 30.3 Å². The Balaban J connectivity index is 2.91. The molecule has 3 N–H and O–H groups in total. The Morgan fingerprint density at radius 2 is 2.23 bits per heavy atom. The predicted molar refractivity (Wildman–Crippen MR) is 53.7 cm³/mol. The number of pyridine rings is 1. The van der Waals surface area contributed by atoms with E-state index in [4.69, 9.17) is 10.8 Å². The lowest BCUT2D eigenvalue weighted by Gasteiger charge is -2.18. The Labute approximate surface area is 78.0 Å². The summed E-state index contributed by atoms with van der Waals surface area (Å²) in [5.74, 6) is 0.731. The van der Waals surface area contributed by atoms with Crippen molar-refractivity contribution >= 4 is 11.5 Å². The number of rotatable bonds is 3. The molecular weight excluding hydrogens is 166 g/mol. The molecule has 0 saturated heterocycles. The lowest BCUT2D eigenvalue weighted by molar-refractivity contribution is 0.304. The van der Waals surface area contributed by atoms with E-state index in [1.807, 2.05) is 31.0 Å². The van der Waals surface area contributed by atoms with Crippen LogP contribution in [0.5, 0.6) is 0 Å². The molecule has 0 unspecified atom stereocenters. The molecule has 4 heteroatoms. The second kappa shape index (κ2) is 4.09. The minimum Gasteiger partial charge on any atom is -0.396 e. The van der Waals surface area contributed by atoms with Crippen LogP contribution < -0.4 is 10.6 Å². The van der Waals surface area contributed by atoms with Crippen molar-refractivity contribution in [1.82, 2.24) is 4.98 Å². The summed E-state index contributed by atoms with van der Waals surface area (Å²) in [6.45, 7) is 2.56. The topological polar surface area (TPSA) is 62.4 Å². The predicted octanol–water partition coefficient (Wildman–Crippen LogP) is 0.401. The van der Waals surface area contributed by atoms with Gasteiger partial charge in [0.2, 0.25) is 0 Å². The molecule has 0 atom stereocenters. The molecule has 0 aliphatic carbocycles. The van der Waals surface area contributed by atoms with Crippen LogP contribution in [0.15, 0.2) is 12.1 Å². The van der Waals surface area contributed by atoms with E-state index in [1.54, 1.807) is 0 Å². The molecular formula is C9H15N3O. The maximum Gasteiger partial charge on any atom is 0.151 e. The zero-order valence-electron chi connectivity index (χ0n) is 7.99. The van der Waals surface area contributed by atoms with E-state index in [1.165, 1.54) is 0 Å². The summed E-state index contributed by atoms with van der Waals surface area (Å²) in [6.07, 6.45) is 0. The average Bonchev–Trinajstić information content (AvgIpc) is 2.09. The van der Waals surface area contributed by atoms with Crippen LogP contribution in [0.25, 0.3) is 0 Å². The molecule has 0 fully saturated rings. The first kappa shape index (κ1) is 9.80. The zero-order valence-corrected chi connectivity index (χ0v) is 7.99. The van der Waals surface area contributed by atoms with Crippen LogP contribution >= 0.6 is 0 Å². The fraction of sp³-hybridized carbons (Fsp3) is 0.444. The third-order valence-corrected chi connectivity index (χ3v) is 1.84. The minimum atomic E-state index is 0.103. The minimum absolute atomic E-state index is 0.103. The van der Waals surface area contributed by atoms with Crippen LogP contribution in [0, 0.1) is 6.92 Å². The van der Waals surface area contributed by atoms with Gasteiger partial charge in [-0.25, -0.2) is 4.98 Å². The smallest absolute Gasteiger partial charge is 0.151 e. The summed E-state index contributed by atoms with van der Waals surface area (Å²) in [6, 6.07) is 3.69. The van der Waals surface area contributed by atoms with Gasteiger partial charge in [-0.1, -0.05) is 0 Å². The normalized spacial score (nSPS) is 10.1. The molecule has 0 aliphatic rings. The number of anilines is 2. The number of nitrogens with zero attached hydrogens (tertiary/aromatic N) is 2. The molecule has 0 saturated carbocycles. The monoisotopic (exact) mass is 181 g/mol. The van der Waals surface area contributed by atoms with E-state index in [9.17, 15) is 0 Å². The Bertz CT molecular complexity index is 288. The number of likely N-dealkylation sites (N-methyl/N-ethyl adjacent to an activating group) is 1. The molecule has 0 aliphatic heterocycles. The molecule has 4 nitrogen and oxygen atoms in total. The van der Waals surface area contributed by atoms with Crippen molar-refractivity contribution in [1.29, 1.82) is 0 Å². The van der Waals surface area contributed by atoms with E-state index >= 15 is 0 Å². The van der Waals surface area contributed by atoms with Crippen LogP contribution in [-0.2, 0) is 0 Å². The van der Waals surface area contributed by atoms with E-state index in [0.717, 1.165) is 11.5 Å². The van der Waals surface area contributed by atoms with Crippen LogP contribution in [0.4, 0.5) is 11.5 Å². The van der Waals surface area contributed by atoms with Gasteiger partial charge < -0.3 is 15.7 Å². The van der Waals surface area contributed by atoms with Gasteiger partial charge in [0, 0.05) is 19.3 Å². The molecule has 72 valence electrons. The molecule has 0 radical (unpaired) electrons. The van der Waals surface area contributed by atoms with Crippen LogP contribution in [0.3, 0.4) is 0 Å². The third-order valence-electron chi connectivity index (χ3n) is 1.84. The second-order valence-electron chi connectivity index (χ2n) is 3.01. The maximum absolute atomic E-state index is 8.75. The number of aryl methyl sites for hydroxylation is 1. The van der Waals surface area contributed by atoms with Crippen molar-refractivity contribution in [3.63, 3.8) is 0 Å². The van der Waals surface area contributed by atoms with E-state index in [0.29, 0.717) is 12.2 Å². The first-order valence-corrected chi connectivity index (χ1v) is 4.20. The fourth-order valence-corrected chi connectivity index (χ4v) is 1.12. The van der Waals surface area contributed by atoms with E-state index in [2.05, 4.69) is 4.98 Å². The quantitative estimate of drug-likeness (QED) is 0.708. The Morgan fingerprint density at radius 3 is 2.85 bits per heavy atom. The number of aliphatic hydroxyl groups is 1. The fourth-order valence-electron chi connectivity index (χ4n) is 1.12. The Morgan fingerprint density at radius 1 is 1.54 bits per heavy atom. The Kier molecular flexibility index (Phi) is 3.08. The van der Waals surface area contributed by atoms with Crippen molar-refractivity contribution in [3.8, 4) is 0 Å². The molecule has 1 heterocycles. The highest BCUT2D eigenvalue weighted by molar-refractivity contribution is 5.62. The highest BCUT2D eigenvalue weighted by Gasteiger charge is 2.05. The van der Waals surface area contributed by atoms with Gasteiger partial charge in [0.15, 0.2) is 5.82 Å².